The molecule has 5 nitrogen and oxygen atoms in total. The standard InChI is InChI=1S/C16H21N3O2/c1-10-4-7-12(8-13(10)18(2)3)19-9-14(20)17-15(16(19)21)11-5-6-11/h4,7-8,11,15H,5-6,9H2,1-3H3,(H,17,20). The summed E-state index contributed by atoms with van der Waals surface area (Å²) in [6.07, 6.45) is 2.06. The minimum absolute atomic E-state index is 0.0191. The van der Waals surface area contributed by atoms with Crippen LogP contribution in [0.3, 0.4) is 0 Å². The second kappa shape index (κ2) is 5.06. The molecule has 1 aromatic rings. The van der Waals surface area contributed by atoms with Crippen LogP contribution in [0.4, 0.5) is 11.4 Å². The number of anilines is 2. The van der Waals surface area contributed by atoms with E-state index in [9.17, 15) is 9.59 Å². The smallest absolute Gasteiger partial charge is 0.250 e. The second-order valence-electron chi connectivity index (χ2n) is 6.17. The van der Waals surface area contributed by atoms with Crippen LogP contribution in [0.2, 0.25) is 0 Å². The van der Waals surface area contributed by atoms with Gasteiger partial charge in [0.1, 0.15) is 12.6 Å². The fourth-order valence-electron chi connectivity index (χ4n) is 2.89. The summed E-state index contributed by atoms with van der Waals surface area (Å²) in [5.74, 6) is 0.271. The first-order chi connectivity index (χ1) is 9.97. The zero-order valence-electron chi connectivity index (χ0n) is 12.7. The molecule has 3 rings (SSSR count). The highest BCUT2D eigenvalue weighted by molar-refractivity contribution is 6.07. The molecular formula is C16H21N3O2. The Morgan fingerprint density at radius 1 is 1.24 bits per heavy atom. The molecular weight excluding hydrogens is 266 g/mol. The van der Waals surface area contributed by atoms with E-state index in [2.05, 4.69) is 5.32 Å². The van der Waals surface area contributed by atoms with Crippen molar-refractivity contribution in [1.82, 2.24) is 5.32 Å². The Morgan fingerprint density at radius 3 is 2.57 bits per heavy atom. The van der Waals surface area contributed by atoms with Gasteiger partial charge in [0.15, 0.2) is 0 Å². The van der Waals surface area contributed by atoms with Gasteiger partial charge in [0.25, 0.3) is 0 Å². The van der Waals surface area contributed by atoms with Crippen molar-refractivity contribution in [3.63, 3.8) is 0 Å². The van der Waals surface area contributed by atoms with Crippen LogP contribution in [0, 0.1) is 12.8 Å². The predicted molar refractivity (Wildman–Crippen MR) is 82.5 cm³/mol. The maximum Gasteiger partial charge on any atom is 0.250 e. The first-order valence-electron chi connectivity index (χ1n) is 7.36. The molecule has 0 spiro atoms. The molecule has 0 bridgehead atoms. The van der Waals surface area contributed by atoms with Crippen molar-refractivity contribution in [2.24, 2.45) is 5.92 Å². The van der Waals surface area contributed by atoms with Crippen molar-refractivity contribution in [3.8, 4) is 0 Å². The Balaban J connectivity index is 1.92. The number of benzene rings is 1. The quantitative estimate of drug-likeness (QED) is 0.912. The number of hydrogen-bond donors (Lipinski definition) is 1. The van der Waals surface area contributed by atoms with Crippen LogP contribution in [-0.2, 0) is 9.59 Å². The van der Waals surface area contributed by atoms with Gasteiger partial charge in [-0.15, -0.1) is 0 Å². The van der Waals surface area contributed by atoms with Gasteiger partial charge in [0.05, 0.1) is 0 Å². The highest BCUT2D eigenvalue weighted by Gasteiger charge is 2.43. The fraction of sp³-hybridized carbons (Fsp3) is 0.500. The van der Waals surface area contributed by atoms with Gasteiger partial charge < -0.3 is 15.1 Å². The second-order valence-corrected chi connectivity index (χ2v) is 6.17. The molecule has 1 aliphatic carbocycles. The lowest BCUT2D eigenvalue weighted by Crippen LogP contribution is -2.59. The molecule has 1 aromatic carbocycles. The van der Waals surface area contributed by atoms with E-state index < -0.39 is 0 Å². The molecule has 1 unspecified atom stereocenters. The maximum atomic E-state index is 12.6. The molecule has 1 atom stereocenters. The van der Waals surface area contributed by atoms with Gasteiger partial charge in [-0.1, -0.05) is 6.07 Å². The van der Waals surface area contributed by atoms with E-state index in [1.54, 1.807) is 4.90 Å². The lowest BCUT2D eigenvalue weighted by Gasteiger charge is -2.33. The Morgan fingerprint density at radius 2 is 1.95 bits per heavy atom. The van der Waals surface area contributed by atoms with E-state index >= 15 is 0 Å². The molecule has 2 amide bonds. The number of carbonyl (C=O) groups excluding carboxylic acids is 2. The van der Waals surface area contributed by atoms with Gasteiger partial charge >= 0.3 is 0 Å². The highest BCUT2D eigenvalue weighted by Crippen LogP contribution is 2.35. The number of rotatable bonds is 3. The number of amides is 2. The van der Waals surface area contributed by atoms with Gasteiger partial charge in [0, 0.05) is 25.5 Å². The molecule has 2 aliphatic rings. The van der Waals surface area contributed by atoms with E-state index in [4.69, 9.17) is 0 Å². The number of nitrogens with zero attached hydrogens (tertiary/aromatic N) is 2. The Hall–Kier alpha value is -2.04. The molecule has 5 heteroatoms. The van der Waals surface area contributed by atoms with Gasteiger partial charge in [-0.2, -0.15) is 0 Å². The van der Waals surface area contributed by atoms with E-state index in [1.165, 1.54) is 0 Å². The Bertz CT molecular complexity index is 593. The van der Waals surface area contributed by atoms with Crippen LogP contribution in [0.15, 0.2) is 18.2 Å². The molecule has 1 saturated carbocycles. The monoisotopic (exact) mass is 287 g/mol. The van der Waals surface area contributed by atoms with Crippen molar-refractivity contribution < 1.29 is 9.59 Å². The summed E-state index contributed by atoms with van der Waals surface area (Å²) in [5.41, 5.74) is 3.01. The summed E-state index contributed by atoms with van der Waals surface area (Å²) in [5, 5.41) is 2.84. The summed E-state index contributed by atoms with van der Waals surface area (Å²) in [4.78, 5) is 28.2. The average Bonchev–Trinajstić information content (AvgIpc) is 3.26. The normalized spacial score (nSPS) is 22.2. The zero-order chi connectivity index (χ0) is 15.1. The highest BCUT2D eigenvalue weighted by atomic mass is 16.2. The summed E-state index contributed by atoms with van der Waals surface area (Å²) < 4.78 is 0. The van der Waals surface area contributed by atoms with Crippen molar-refractivity contribution >= 4 is 23.2 Å². The lowest BCUT2D eigenvalue weighted by molar-refractivity contribution is -0.131. The van der Waals surface area contributed by atoms with Crippen LogP contribution >= 0.6 is 0 Å². The first kappa shape index (κ1) is 13.9. The van der Waals surface area contributed by atoms with Crippen molar-refractivity contribution in [2.45, 2.75) is 25.8 Å². The van der Waals surface area contributed by atoms with Gasteiger partial charge in [-0.05, 0) is 43.4 Å². The van der Waals surface area contributed by atoms with E-state index in [-0.39, 0.29) is 24.4 Å². The summed E-state index contributed by atoms with van der Waals surface area (Å²) in [6, 6.07) is 5.56. The van der Waals surface area contributed by atoms with Crippen LogP contribution in [0.1, 0.15) is 18.4 Å². The molecule has 21 heavy (non-hydrogen) atoms. The number of hydrogen-bond acceptors (Lipinski definition) is 3. The molecule has 1 heterocycles. The van der Waals surface area contributed by atoms with E-state index in [0.717, 1.165) is 29.8 Å². The SMILES string of the molecule is Cc1ccc(N2CC(=O)NC(C3CC3)C2=O)cc1N(C)C. The molecule has 2 fully saturated rings. The van der Waals surface area contributed by atoms with Gasteiger partial charge in [-0.3, -0.25) is 9.59 Å². The molecule has 112 valence electrons. The predicted octanol–water partition coefficient (Wildman–Crippen LogP) is 1.30. The third-order valence-electron chi connectivity index (χ3n) is 4.23. The fourth-order valence-corrected chi connectivity index (χ4v) is 2.89. The number of aryl methyl sites for hydroxylation is 1. The van der Waals surface area contributed by atoms with Crippen LogP contribution in [0.25, 0.3) is 0 Å². The topological polar surface area (TPSA) is 52.7 Å². The van der Waals surface area contributed by atoms with Crippen molar-refractivity contribution in [2.75, 3.05) is 30.4 Å². The van der Waals surface area contributed by atoms with Crippen molar-refractivity contribution in [3.05, 3.63) is 23.8 Å². The summed E-state index contributed by atoms with van der Waals surface area (Å²) >= 11 is 0. The third kappa shape index (κ3) is 2.60. The number of nitrogens with one attached hydrogen (secondary N) is 1. The van der Waals surface area contributed by atoms with Crippen LogP contribution in [-0.4, -0.2) is 38.5 Å². The van der Waals surface area contributed by atoms with Crippen LogP contribution in [0.5, 0.6) is 0 Å². The first-order valence-corrected chi connectivity index (χ1v) is 7.36. The summed E-state index contributed by atoms with van der Waals surface area (Å²) in [6.45, 7) is 2.15. The molecule has 0 radical (unpaired) electrons. The minimum atomic E-state index is -0.338. The average molecular weight is 287 g/mol. The maximum absolute atomic E-state index is 12.6. The van der Waals surface area contributed by atoms with E-state index in [0.29, 0.717) is 5.92 Å². The van der Waals surface area contributed by atoms with Crippen LogP contribution < -0.4 is 15.1 Å². The molecule has 1 saturated heterocycles. The summed E-state index contributed by atoms with van der Waals surface area (Å²) in [7, 11) is 3.95. The van der Waals surface area contributed by atoms with Gasteiger partial charge in [-0.25, -0.2) is 0 Å². The molecule has 1 N–H and O–H groups in total. The van der Waals surface area contributed by atoms with E-state index in [1.807, 2.05) is 44.1 Å². The minimum Gasteiger partial charge on any atom is -0.377 e. The molecule has 1 aliphatic heterocycles. The molecule has 0 aromatic heterocycles. The largest absolute Gasteiger partial charge is 0.377 e. The number of carbonyl (C=O) groups is 2. The zero-order valence-corrected chi connectivity index (χ0v) is 12.7. The third-order valence-corrected chi connectivity index (χ3v) is 4.23. The van der Waals surface area contributed by atoms with Crippen molar-refractivity contribution in [1.29, 1.82) is 0 Å². The number of piperazine rings is 1. The lowest BCUT2D eigenvalue weighted by atomic mass is 10.1. The Labute approximate surface area is 124 Å². The van der Waals surface area contributed by atoms with Gasteiger partial charge in [0.2, 0.25) is 11.8 Å². The Kier molecular flexibility index (Phi) is 3.35.